The minimum atomic E-state index is -0.385. The summed E-state index contributed by atoms with van der Waals surface area (Å²) < 4.78 is 16.0. The van der Waals surface area contributed by atoms with Gasteiger partial charge in [0.15, 0.2) is 5.13 Å². The quantitative estimate of drug-likeness (QED) is 0.237. The summed E-state index contributed by atoms with van der Waals surface area (Å²) in [6, 6.07) is 32.2. The third-order valence-corrected chi connectivity index (χ3v) is 8.90. The van der Waals surface area contributed by atoms with E-state index in [1.54, 1.807) is 11.3 Å². The second kappa shape index (κ2) is 8.03. The molecule has 4 aromatic carbocycles. The van der Waals surface area contributed by atoms with Gasteiger partial charge in [0.1, 0.15) is 0 Å². The van der Waals surface area contributed by atoms with Gasteiger partial charge in [0, 0.05) is 10.8 Å². The van der Waals surface area contributed by atoms with Crippen molar-refractivity contribution in [3.05, 3.63) is 91.0 Å². The molecule has 4 nitrogen and oxygen atoms in total. The Morgan fingerprint density at radius 3 is 2.19 bits per heavy atom. The van der Waals surface area contributed by atoms with Crippen molar-refractivity contribution in [2.24, 2.45) is 0 Å². The Morgan fingerprint density at radius 1 is 0.703 bits per heavy atom. The largest absolute Gasteiger partial charge is 0.494 e. The third kappa shape index (κ3) is 3.55. The summed E-state index contributed by atoms with van der Waals surface area (Å²) in [5.41, 5.74) is 6.02. The number of benzene rings is 4. The van der Waals surface area contributed by atoms with Crippen molar-refractivity contribution >= 4 is 55.9 Å². The van der Waals surface area contributed by atoms with Gasteiger partial charge in [-0.05, 0) is 74.6 Å². The maximum absolute atomic E-state index is 6.30. The molecule has 0 spiro atoms. The number of hydrogen-bond acceptors (Lipinski definition) is 4. The van der Waals surface area contributed by atoms with Gasteiger partial charge >= 0.3 is 7.12 Å². The highest BCUT2D eigenvalue weighted by molar-refractivity contribution is 7.21. The van der Waals surface area contributed by atoms with Gasteiger partial charge in [0.05, 0.1) is 32.5 Å². The van der Waals surface area contributed by atoms with E-state index in [0.29, 0.717) is 0 Å². The molecule has 1 fully saturated rings. The first-order valence-corrected chi connectivity index (χ1v) is 13.5. The zero-order valence-corrected chi connectivity index (χ0v) is 22.2. The van der Waals surface area contributed by atoms with Crippen LogP contribution in [-0.2, 0) is 9.31 Å². The molecule has 0 bridgehead atoms. The summed E-state index contributed by atoms with van der Waals surface area (Å²) in [5, 5.41) is 3.42. The standard InChI is InChI=1S/C31H27BN2O2S/c1-30(2)31(3,4)36-32(35-30)22-15-16-25-28(19-22)37-29(33-25)34-26-13-9-8-12-23(26)24-18-21(14-17-27(24)34)20-10-6-5-7-11-20/h5-19H,1-4H3. The normalized spacial score (nSPS) is 16.8. The zero-order chi connectivity index (χ0) is 25.4. The fraction of sp³-hybridized carbons (Fsp3) is 0.194. The average molecular weight is 502 g/mol. The molecule has 0 saturated carbocycles. The van der Waals surface area contributed by atoms with Gasteiger partial charge in [-0.15, -0.1) is 0 Å². The van der Waals surface area contributed by atoms with Crippen LogP contribution in [-0.4, -0.2) is 27.9 Å². The van der Waals surface area contributed by atoms with Crippen molar-refractivity contribution in [2.45, 2.75) is 38.9 Å². The number of rotatable bonds is 3. The summed E-state index contributed by atoms with van der Waals surface area (Å²) >= 11 is 1.70. The molecule has 7 rings (SSSR count). The van der Waals surface area contributed by atoms with Crippen LogP contribution in [0.4, 0.5) is 0 Å². The number of hydrogen-bond donors (Lipinski definition) is 0. The first kappa shape index (κ1) is 22.7. The SMILES string of the molecule is CC1(C)OB(c2ccc3nc(-n4c5ccccc5c5cc(-c6ccccc6)ccc54)sc3c2)OC1(C)C. The Labute approximate surface area is 220 Å². The van der Waals surface area contributed by atoms with Crippen LogP contribution in [0.3, 0.4) is 0 Å². The second-order valence-corrected chi connectivity index (χ2v) is 11.8. The highest BCUT2D eigenvalue weighted by Crippen LogP contribution is 2.38. The first-order chi connectivity index (χ1) is 17.8. The predicted molar refractivity (Wildman–Crippen MR) is 155 cm³/mol. The molecule has 37 heavy (non-hydrogen) atoms. The van der Waals surface area contributed by atoms with Gasteiger partial charge in [-0.2, -0.15) is 0 Å². The predicted octanol–water partition coefficient (Wildman–Crippen LogP) is 7.36. The molecule has 0 amide bonds. The van der Waals surface area contributed by atoms with Gasteiger partial charge < -0.3 is 9.31 Å². The summed E-state index contributed by atoms with van der Waals surface area (Å²) in [6.45, 7) is 8.34. The second-order valence-electron chi connectivity index (χ2n) is 10.8. The number of fused-ring (bicyclic) bond motifs is 4. The van der Waals surface area contributed by atoms with Crippen molar-refractivity contribution in [1.82, 2.24) is 9.55 Å². The van der Waals surface area contributed by atoms with E-state index in [1.165, 1.54) is 21.9 Å². The van der Waals surface area contributed by atoms with Crippen molar-refractivity contribution in [2.75, 3.05) is 0 Å². The van der Waals surface area contributed by atoms with Gasteiger partial charge in [-0.1, -0.05) is 72.0 Å². The first-order valence-electron chi connectivity index (χ1n) is 12.7. The Balaban J connectivity index is 1.36. The molecule has 0 atom stereocenters. The Hall–Kier alpha value is -3.45. The molecular weight excluding hydrogens is 475 g/mol. The highest BCUT2D eigenvalue weighted by atomic mass is 32.1. The number of nitrogens with zero attached hydrogens (tertiary/aromatic N) is 2. The summed E-state index contributed by atoms with van der Waals surface area (Å²) in [5.74, 6) is 0. The monoisotopic (exact) mass is 502 g/mol. The molecule has 2 aromatic heterocycles. The van der Waals surface area contributed by atoms with Crippen LogP contribution in [0.2, 0.25) is 0 Å². The minimum absolute atomic E-state index is 0.368. The van der Waals surface area contributed by atoms with Gasteiger partial charge in [0.2, 0.25) is 0 Å². The Kier molecular flexibility index (Phi) is 4.93. The smallest absolute Gasteiger partial charge is 0.399 e. The molecule has 0 aliphatic carbocycles. The maximum atomic E-state index is 6.30. The van der Waals surface area contributed by atoms with Crippen LogP contribution < -0.4 is 5.46 Å². The van der Waals surface area contributed by atoms with Crippen molar-refractivity contribution < 1.29 is 9.31 Å². The van der Waals surface area contributed by atoms with Gasteiger partial charge in [0.25, 0.3) is 0 Å². The molecule has 6 heteroatoms. The lowest BCUT2D eigenvalue weighted by molar-refractivity contribution is 0.00578. The van der Waals surface area contributed by atoms with Crippen molar-refractivity contribution in [3.63, 3.8) is 0 Å². The summed E-state index contributed by atoms with van der Waals surface area (Å²) in [7, 11) is -0.385. The fourth-order valence-electron chi connectivity index (χ4n) is 5.14. The van der Waals surface area contributed by atoms with Crippen molar-refractivity contribution in [1.29, 1.82) is 0 Å². The Bertz CT molecular complexity index is 1790. The Morgan fingerprint density at radius 2 is 1.41 bits per heavy atom. The lowest BCUT2D eigenvalue weighted by Gasteiger charge is -2.32. The number of aromatic nitrogens is 2. The molecule has 6 aromatic rings. The molecule has 0 N–H and O–H groups in total. The van der Waals surface area contributed by atoms with Crippen LogP contribution in [0.5, 0.6) is 0 Å². The molecule has 3 heterocycles. The van der Waals surface area contributed by atoms with Crippen LogP contribution in [0, 0.1) is 0 Å². The zero-order valence-electron chi connectivity index (χ0n) is 21.4. The molecule has 1 aliphatic heterocycles. The third-order valence-electron chi connectivity index (χ3n) is 7.90. The maximum Gasteiger partial charge on any atom is 0.494 e. The summed E-state index contributed by atoms with van der Waals surface area (Å²) in [6.07, 6.45) is 0. The minimum Gasteiger partial charge on any atom is -0.399 e. The highest BCUT2D eigenvalue weighted by Gasteiger charge is 2.51. The van der Waals surface area contributed by atoms with E-state index in [4.69, 9.17) is 14.3 Å². The van der Waals surface area contributed by atoms with Crippen LogP contribution >= 0.6 is 11.3 Å². The molecule has 1 aliphatic rings. The average Bonchev–Trinajstić information content (AvgIpc) is 3.52. The number of para-hydroxylation sites is 1. The van der Waals surface area contributed by atoms with Crippen molar-refractivity contribution in [3.8, 4) is 16.3 Å². The van der Waals surface area contributed by atoms with E-state index >= 15 is 0 Å². The van der Waals surface area contributed by atoms with E-state index in [-0.39, 0.29) is 18.3 Å². The lowest BCUT2D eigenvalue weighted by atomic mass is 9.79. The summed E-state index contributed by atoms with van der Waals surface area (Å²) in [4.78, 5) is 5.06. The van der Waals surface area contributed by atoms with E-state index in [9.17, 15) is 0 Å². The molecule has 1 saturated heterocycles. The van der Waals surface area contributed by atoms with E-state index in [1.807, 2.05) is 0 Å². The van der Waals surface area contributed by atoms with E-state index in [2.05, 4.69) is 123 Å². The van der Waals surface area contributed by atoms with E-state index < -0.39 is 0 Å². The van der Waals surface area contributed by atoms with Gasteiger partial charge in [-0.25, -0.2) is 4.98 Å². The van der Waals surface area contributed by atoms with Crippen LogP contribution in [0.25, 0.3) is 48.3 Å². The van der Waals surface area contributed by atoms with Crippen LogP contribution in [0.1, 0.15) is 27.7 Å². The molecule has 0 unspecified atom stereocenters. The molecular formula is C31H27BN2O2S. The lowest BCUT2D eigenvalue weighted by Crippen LogP contribution is -2.41. The fourth-order valence-corrected chi connectivity index (χ4v) is 6.18. The molecule has 182 valence electrons. The number of thiazole rings is 1. The van der Waals surface area contributed by atoms with E-state index in [0.717, 1.165) is 31.8 Å². The topological polar surface area (TPSA) is 36.3 Å². The van der Waals surface area contributed by atoms with Gasteiger partial charge in [-0.3, -0.25) is 4.57 Å². The molecule has 0 radical (unpaired) electrons. The van der Waals surface area contributed by atoms with Crippen LogP contribution in [0.15, 0.2) is 91.0 Å².